The average molecular weight is 372 g/mol. The van der Waals surface area contributed by atoms with Gasteiger partial charge in [0.2, 0.25) is 6.54 Å². The third-order valence-electron chi connectivity index (χ3n) is 3.36. The van der Waals surface area contributed by atoms with Crippen LogP contribution in [0.2, 0.25) is 0 Å². The van der Waals surface area contributed by atoms with Gasteiger partial charge in [-0.1, -0.05) is 0 Å². The Morgan fingerprint density at radius 1 is 1.18 bits per heavy atom. The van der Waals surface area contributed by atoms with E-state index in [0.29, 0.717) is 13.2 Å². The molecule has 0 spiro atoms. The SMILES string of the molecule is CCOc1cc2c(cc1OCC)CC[N+](CC(=O)OC)=C2.[Br-]. The van der Waals surface area contributed by atoms with E-state index in [4.69, 9.17) is 14.2 Å². The lowest BCUT2D eigenvalue weighted by atomic mass is 10.0. The minimum Gasteiger partial charge on any atom is -1.00 e. The zero-order valence-corrected chi connectivity index (χ0v) is 14.8. The topological polar surface area (TPSA) is 47.8 Å². The maximum absolute atomic E-state index is 11.4. The Morgan fingerprint density at radius 3 is 2.41 bits per heavy atom. The van der Waals surface area contributed by atoms with E-state index in [1.165, 1.54) is 12.7 Å². The Morgan fingerprint density at radius 2 is 1.82 bits per heavy atom. The van der Waals surface area contributed by atoms with Gasteiger partial charge in [0, 0.05) is 12.0 Å². The van der Waals surface area contributed by atoms with Crippen molar-refractivity contribution in [3.63, 3.8) is 0 Å². The van der Waals surface area contributed by atoms with Gasteiger partial charge in [0.15, 0.2) is 17.7 Å². The standard InChI is InChI=1S/C16H22NO4.BrH/c1-4-20-14-8-12-6-7-17(11-16(18)19-3)10-13(12)9-15(14)21-5-2;/h8-10H,4-7,11H2,1-3H3;1H/q+1;/p-1. The summed E-state index contributed by atoms with van der Waals surface area (Å²) in [6.45, 7) is 6.17. The largest absolute Gasteiger partial charge is 1.00 e. The number of carbonyl (C=O) groups is 1. The van der Waals surface area contributed by atoms with Crippen LogP contribution in [0.25, 0.3) is 0 Å². The van der Waals surface area contributed by atoms with Crippen LogP contribution in [0, 0.1) is 0 Å². The molecule has 1 aliphatic rings. The number of ether oxygens (including phenoxy) is 3. The van der Waals surface area contributed by atoms with Crippen molar-refractivity contribution < 1.29 is 40.6 Å². The van der Waals surface area contributed by atoms with Crippen molar-refractivity contribution in [2.45, 2.75) is 20.3 Å². The molecular weight excluding hydrogens is 350 g/mol. The zero-order chi connectivity index (χ0) is 15.2. The van der Waals surface area contributed by atoms with Crippen LogP contribution in [0.5, 0.6) is 11.5 Å². The molecule has 0 saturated heterocycles. The normalized spacial score (nSPS) is 12.6. The van der Waals surface area contributed by atoms with Crippen molar-refractivity contribution >= 4 is 12.2 Å². The molecule has 0 aliphatic carbocycles. The summed E-state index contributed by atoms with van der Waals surface area (Å²) in [5.74, 6) is 1.30. The highest BCUT2D eigenvalue weighted by Crippen LogP contribution is 2.31. The van der Waals surface area contributed by atoms with Crippen LogP contribution in [-0.2, 0) is 16.0 Å². The predicted octanol–water partition coefficient (Wildman–Crippen LogP) is -1.35. The molecule has 1 aliphatic heterocycles. The fourth-order valence-electron chi connectivity index (χ4n) is 2.37. The molecule has 5 nitrogen and oxygen atoms in total. The molecule has 0 bridgehead atoms. The van der Waals surface area contributed by atoms with Gasteiger partial charge in [-0.3, -0.25) is 0 Å². The predicted molar refractivity (Wildman–Crippen MR) is 79.7 cm³/mol. The Bertz CT molecular complexity index is 557. The summed E-state index contributed by atoms with van der Waals surface area (Å²) < 4.78 is 17.9. The van der Waals surface area contributed by atoms with Crippen LogP contribution < -0.4 is 26.5 Å². The van der Waals surface area contributed by atoms with Crippen LogP contribution >= 0.6 is 0 Å². The first-order valence-corrected chi connectivity index (χ1v) is 7.26. The number of esters is 1. The van der Waals surface area contributed by atoms with Crippen LogP contribution in [0.15, 0.2) is 12.1 Å². The van der Waals surface area contributed by atoms with E-state index >= 15 is 0 Å². The van der Waals surface area contributed by atoms with Crippen molar-refractivity contribution in [2.24, 2.45) is 0 Å². The Hall–Kier alpha value is -1.56. The molecule has 0 aromatic heterocycles. The molecule has 0 atom stereocenters. The number of methoxy groups -OCH3 is 1. The van der Waals surface area contributed by atoms with E-state index in [0.717, 1.165) is 30.0 Å². The summed E-state index contributed by atoms with van der Waals surface area (Å²) in [5.41, 5.74) is 2.28. The monoisotopic (exact) mass is 371 g/mol. The number of fused-ring (bicyclic) bond motifs is 1. The molecule has 0 amide bonds. The van der Waals surface area contributed by atoms with Gasteiger partial charge in [0.1, 0.15) is 6.54 Å². The van der Waals surface area contributed by atoms with Crippen molar-refractivity contribution in [3.8, 4) is 11.5 Å². The Labute approximate surface area is 141 Å². The molecule has 6 heteroatoms. The van der Waals surface area contributed by atoms with E-state index < -0.39 is 0 Å². The van der Waals surface area contributed by atoms with Crippen molar-refractivity contribution in [1.82, 2.24) is 0 Å². The van der Waals surface area contributed by atoms with Crippen molar-refractivity contribution in [3.05, 3.63) is 23.3 Å². The molecule has 0 unspecified atom stereocenters. The Balaban J connectivity index is 0.00000242. The average Bonchev–Trinajstić information content (AvgIpc) is 2.48. The summed E-state index contributed by atoms with van der Waals surface area (Å²) in [6, 6.07) is 4.02. The third kappa shape index (κ3) is 4.47. The van der Waals surface area contributed by atoms with E-state index in [-0.39, 0.29) is 29.5 Å². The minimum absolute atomic E-state index is 0. The minimum atomic E-state index is -0.231. The lowest BCUT2D eigenvalue weighted by Crippen LogP contribution is -3.00. The molecule has 2 rings (SSSR count). The first-order chi connectivity index (χ1) is 10.2. The van der Waals surface area contributed by atoms with E-state index in [1.807, 2.05) is 36.8 Å². The van der Waals surface area contributed by atoms with Gasteiger partial charge in [0.25, 0.3) is 0 Å². The molecule has 0 radical (unpaired) electrons. The number of hydrogen-bond acceptors (Lipinski definition) is 4. The van der Waals surface area contributed by atoms with Gasteiger partial charge in [-0.2, -0.15) is 0 Å². The number of benzene rings is 1. The van der Waals surface area contributed by atoms with Crippen LogP contribution in [-0.4, -0.2) is 50.2 Å². The van der Waals surface area contributed by atoms with Gasteiger partial charge in [-0.05, 0) is 31.5 Å². The summed E-state index contributed by atoms with van der Waals surface area (Å²) in [4.78, 5) is 11.4. The molecule has 0 saturated carbocycles. The first kappa shape index (κ1) is 18.5. The number of hydrogen-bond donors (Lipinski definition) is 0. The highest BCUT2D eigenvalue weighted by Gasteiger charge is 2.21. The summed E-state index contributed by atoms with van der Waals surface area (Å²) in [6.07, 6.45) is 2.85. The highest BCUT2D eigenvalue weighted by molar-refractivity contribution is 5.81. The van der Waals surface area contributed by atoms with Gasteiger partial charge in [-0.15, -0.1) is 0 Å². The zero-order valence-electron chi connectivity index (χ0n) is 13.2. The molecule has 0 fully saturated rings. The second-order valence-corrected chi connectivity index (χ2v) is 4.79. The second-order valence-electron chi connectivity index (χ2n) is 4.79. The number of carbonyl (C=O) groups excluding carboxylic acids is 1. The van der Waals surface area contributed by atoms with E-state index in [1.54, 1.807) is 0 Å². The first-order valence-electron chi connectivity index (χ1n) is 7.26. The lowest BCUT2D eigenvalue weighted by molar-refractivity contribution is -0.514. The van der Waals surface area contributed by atoms with Gasteiger partial charge in [-0.25, -0.2) is 9.37 Å². The molecule has 1 aromatic carbocycles. The van der Waals surface area contributed by atoms with Gasteiger partial charge >= 0.3 is 5.97 Å². The molecule has 22 heavy (non-hydrogen) atoms. The third-order valence-corrected chi connectivity index (χ3v) is 3.36. The Kier molecular flexibility index (Phi) is 7.38. The van der Waals surface area contributed by atoms with Crippen LogP contribution in [0.3, 0.4) is 0 Å². The second kappa shape index (κ2) is 8.78. The van der Waals surface area contributed by atoms with Crippen LogP contribution in [0.1, 0.15) is 25.0 Å². The molecule has 1 aromatic rings. The van der Waals surface area contributed by atoms with E-state index in [9.17, 15) is 4.79 Å². The quantitative estimate of drug-likeness (QED) is 0.458. The summed E-state index contributed by atoms with van der Waals surface area (Å²) >= 11 is 0. The van der Waals surface area contributed by atoms with E-state index in [2.05, 4.69) is 0 Å². The molecular formula is C16H22BrNO4. The van der Waals surface area contributed by atoms with Gasteiger partial charge in [0.05, 0.1) is 20.3 Å². The van der Waals surface area contributed by atoms with Crippen LogP contribution in [0.4, 0.5) is 0 Å². The summed E-state index contributed by atoms with van der Waals surface area (Å²) in [7, 11) is 1.40. The number of rotatable bonds is 6. The molecule has 0 N–H and O–H groups in total. The van der Waals surface area contributed by atoms with Gasteiger partial charge < -0.3 is 31.2 Å². The number of nitrogens with zero attached hydrogens (tertiary/aromatic N) is 1. The highest BCUT2D eigenvalue weighted by atomic mass is 79.9. The molecule has 1 heterocycles. The lowest BCUT2D eigenvalue weighted by Gasteiger charge is -2.17. The fourth-order valence-corrected chi connectivity index (χ4v) is 2.37. The number of halogens is 1. The van der Waals surface area contributed by atoms with Crippen molar-refractivity contribution in [1.29, 1.82) is 0 Å². The van der Waals surface area contributed by atoms with Crippen molar-refractivity contribution in [2.75, 3.05) is 33.4 Å². The maximum atomic E-state index is 11.4. The smallest absolute Gasteiger partial charge is 0.371 e. The fraction of sp³-hybridized carbons (Fsp3) is 0.500. The summed E-state index contributed by atoms with van der Waals surface area (Å²) in [5, 5.41) is 0. The molecule has 122 valence electrons. The maximum Gasteiger partial charge on any atom is 0.371 e.